The molecule has 0 unspecified atom stereocenters. The Morgan fingerprint density at radius 3 is 2.54 bits per heavy atom. The molecule has 3 aromatic heterocycles. The first-order valence-corrected chi connectivity index (χ1v) is 9.25. The first-order chi connectivity index (χ1) is 12.5. The van der Waals surface area contributed by atoms with Crippen LogP contribution < -0.4 is 9.88 Å². The number of pyridine rings is 2. The molecular weight excluding hydrogens is 354 g/mol. The van der Waals surface area contributed by atoms with Crippen LogP contribution in [-0.2, 0) is 16.6 Å². The van der Waals surface area contributed by atoms with Crippen LogP contribution in [0.1, 0.15) is 5.56 Å². The summed E-state index contributed by atoms with van der Waals surface area (Å²) in [5, 5.41) is 6.00. The molecule has 8 nitrogen and oxygen atoms in total. The van der Waals surface area contributed by atoms with Crippen LogP contribution in [0.15, 0.2) is 53.9 Å². The molecule has 0 amide bonds. The molecule has 1 aromatic carbocycles. The van der Waals surface area contributed by atoms with Crippen molar-refractivity contribution in [2.75, 3.05) is 7.11 Å². The van der Waals surface area contributed by atoms with E-state index in [1.807, 2.05) is 4.57 Å². The summed E-state index contributed by atoms with van der Waals surface area (Å²) in [4.78, 5) is 13.1. The molecule has 0 aliphatic carbocycles. The average molecular weight is 369 g/mol. The molecule has 2 N–H and O–H groups in total. The van der Waals surface area contributed by atoms with Crippen LogP contribution >= 0.6 is 0 Å². The summed E-state index contributed by atoms with van der Waals surface area (Å²) in [5.41, 5.74) is 3.34. The Morgan fingerprint density at radius 2 is 1.85 bits per heavy atom. The second-order valence-corrected chi connectivity index (χ2v) is 7.36. The van der Waals surface area contributed by atoms with Crippen LogP contribution in [0, 0.1) is 0 Å². The molecule has 3 heterocycles. The minimum atomic E-state index is -3.70. The van der Waals surface area contributed by atoms with E-state index in [0.29, 0.717) is 12.4 Å². The Morgan fingerprint density at radius 1 is 1.08 bits per heavy atom. The lowest BCUT2D eigenvalue weighted by Gasteiger charge is -2.08. The number of hydrogen-bond donors (Lipinski definition) is 1. The normalized spacial score (nSPS) is 11.9. The van der Waals surface area contributed by atoms with Gasteiger partial charge in [0, 0.05) is 24.2 Å². The van der Waals surface area contributed by atoms with Gasteiger partial charge in [0.25, 0.3) is 0 Å². The molecule has 0 saturated heterocycles. The number of fused-ring (bicyclic) bond motifs is 3. The van der Waals surface area contributed by atoms with E-state index in [-0.39, 0.29) is 4.90 Å². The van der Waals surface area contributed by atoms with E-state index in [1.54, 1.807) is 44.0 Å². The standard InChI is InChI=1S/C17H15N5O3S/c1-25-16-6-14-13(7-20-16)17-15(8-19-14)21-10-22(17)9-11-2-4-12(5-3-11)26(18,23)24/h2-8,10H,9H2,1H3,(H2,18,23,24). The number of rotatable bonds is 4. The molecule has 26 heavy (non-hydrogen) atoms. The fraction of sp³-hybridized carbons (Fsp3) is 0.118. The Bertz CT molecular complexity index is 1220. The fourth-order valence-corrected chi connectivity index (χ4v) is 3.36. The van der Waals surface area contributed by atoms with Crippen molar-refractivity contribution in [3.63, 3.8) is 0 Å². The van der Waals surface area contributed by atoms with Gasteiger partial charge in [-0.1, -0.05) is 12.1 Å². The lowest BCUT2D eigenvalue weighted by molar-refractivity contribution is 0.398. The first kappa shape index (κ1) is 16.4. The summed E-state index contributed by atoms with van der Waals surface area (Å²) in [6.07, 6.45) is 5.15. The predicted molar refractivity (Wildman–Crippen MR) is 96.3 cm³/mol. The number of benzene rings is 1. The average Bonchev–Trinajstić information content (AvgIpc) is 3.04. The van der Waals surface area contributed by atoms with Gasteiger partial charge in [0.1, 0.15) is 5.52 Å². The highest BCUT2D eigenvalue weighted by Gasteiger charge is 2.11. The van der Waals surface area contributed by atoms with E-state index in [4.69, 9.17) is 9.88 Å². The summed E-state index contributed by atoms with van der Waals surface area (Å²) in [6.45, 7) is 0.520. The van der Waals surface area contributed by atoms with Gasteiger partial charge in [0.2, 0.25) is 15.9 Å². The van der Waals surface area contributed by atoms with Crippen molar-refractivity contribution >= 4 is 32.0 Å². The van der Waals surface area contributed by atoms with Crippen molar-refractivity contribution in [3.8, 4) is 5.88 Å². The minimum absolute atomic E-state index is 0.0858. The number of nitrogens with two attached hydrogens (primary N) is 1. The number of nitrogens with zero attached hydrogens (tertiary/aromatic N) is 4. The van der Waals surface area contributed by atoms with E-state index in [9.17, 15) is 8.42 Å². The molecule has 0 aliphatic rings. The second-order valence-electron chi connectivity index (χ2n) is 5.80. The summed E-state index contributed by atoms with van der Waals surface area (Å²) in [5.74, 6) is 0.494. The summed E-state index contributed by atoms with van der Waals surface area (Å²) < 4.78 is 29.9. The Hall–Kier alpha value is -3.04. The highest BCUT2D eigenvalue weighted by molar-refractivity contribution is 7.89. The highest BCUT2D eigenvalue weighted by atomic mass is 32.2. The van der Waals surface area contributed by atoms with E-state index in [1.165, 1.54) is 12.1 Å². The zero-order chi connectivity index (χ0) is 18.3. The molecule has 0 fully saturated rings. The van der Waals surface area contributed by atoms with Crippen molar-refractivity contribution < 1.29 is 13.2 Å². The fourth-order valence-electron chi connectivity index (χ4n) is 2.84. The maximum atomic E-state index is 11.4. The summed E-state index contributed by atoms with van der Waals surface area (Å²) >= 11 is 0. The lowest BCUT2D eigenvalue weighted by Crippen LogP contribution is -2.12. The number of ether oxygens (including phenoxy) is 1. The summed E-state index contributed by atoms with van der Waals surface area (Å²) in [7, 11) is -2.14. The van der Waals surface area contributed by atoms with Crippen LogP contribution in [0.5, 0.6) is 5.88 Å². The number of hydrogen-bond acceptors (Lipinski definition) is 6. The van der Waals surface area contributed by atoms with E-state index < -0.39 is 10.0 Å². The van der Waals surface area contributed by atoms with Crippen molar-refractivity contribution in [2.45, 2.75) is 11.4 Å². The van der Waals surface area contributed by atoms with Gasteiger partial charge in [0.15, 0.2) is 0 Å². The van der Waals surface area contributed by atoms with Crippen LogP contribution in [0.2, 0.25) is 0 Å². The molecule has 0 saturated carbocycles. The largest absolute Gasteiger partial charge is 0.481 e. The SMILES string of the molecule is COc1cc2ncc3ncn(Cc4ccc(S(N)(=O)=O)cc4)c3c2cn1. The van der Waals surface area contributed by atoms with Gasteiger partial charge in [0.05, 0.1) is 35.6 Å². The molecule has 4 rings (SSSR count). The Labute approximate surface area is 149 Å². The lowest BCUT2D eigenvalue weighted by atomic mass is 10.2. The maximum Gasteiger partial charge on any atom is 0.238 e. The molecular formula is C17H15N5O3S. The number of imidazole rings is 1. The van der Waals surface area contributed by atoms with Gasteiger partial charge in [-0.25, -0.2) is 23.5 Å². The van der Waals surface area contributed by atoms with Crippen LogP contribution in [0.25, 0.3) is 21.9 Å². The van der Waals surface area contributed by atoms with Crippen molar-refractivity contribution in [1.82, 2.24) is 19.5 Å². The monoisotopic (exact) mass is 369 g/mol. The molecule has 4 aromatic rings. The molecule has 0 aliphatic heterocycles. The maximum absolute atomic E-state index is 11.4. The highest BCUT2D eigenvalue weighted by Crippen LogP contribution is 2.25. The second kappa shape index (κ2) is 6.04. The molecule has 0 radical (unpaired) electrons. The third kappa shape index (κ3) is 2.87. The third-order valence-corrected chi connectivity index (χ3v) is 5.05. The molecule has 132 valence electrons. The van der Waals surface area contributed by atoms with E-state index in [0.717, 1.165) is 27.5 Å². The van der Waals surface area contributed by atoms with Gasteiger partial charge in [-0.05, 0) is 17.7 Å². The molecule has 0 spiro atoms. The van der Waals surface area contributed by atoms with Gasteiger partial charge < -0.3 is 9.30 Å². The van der Waals surface area contributed by atoms with Crippen molar-refractivity contribution in [3.05, 3.63) is 54.6 Å². The molecule has 0 atom stereocenters. The third-order valence-electron chi connectivity index (χ3n) is 4.12. The Balaban J connectivity index is 1.78. The number of primary sulfonamides is 1. The number of sulfonamides is 1. The van der Waals surface area contributed by atoms with E-state index in [2.05, 4.69) is 15.0 Å². The Kier molecular flexibility index (Phi) is 3.82. The zero-order valence-electron chi connectivity index (χ0n) is 13.8. The molecule has 0 bridgehead atoms. The van der Waals surface area contributed by atoms with Gasteiger partial charge >= 0.3 is 0 Å². The minimum Gasteiger partial charge on any atom is -0.481 e. The quantitative estimate of drug-likeness (QED) is 0.586. The zero-order valence-corrected chi connectivity index (χ0v) is 14.6. The van der Waals surface area contributed by atoms with E-state index >= 15 is 0 Å². The first-order valence-electron chi connectivity index (χ1n) is 7.71. The van der Waals surface area contributed by atoms with Gasteiger partial charge in [-0.2, -0.15) is 0 Å². The summed E-state index contributed by atoms with van der Waals surface area (Å²) in [6, 6.07) is 8.23. The van der Waals surface area contributed by atoms with Crippen molar-refractivity contribution in [1.29, 1.82) is 0 Å². The number of methoxy groups -OCH3 is 1. The smallest absolute Gasteiger partial charge is 0.238 e. The van der Waals surface area contributed by atoms with Gasteiger partial charge in [-0.15, -0.1) is 0 Å². The number of aromatic nitrogens is 4. The predicted octanol–water partition coefficient (Wildman–Crippen LogP) is 1.68. The van der Waals surface area contributed by atoms with Crippen LogP contribution in [0.4, 0.5) is 0 Å². The van der Waals surface area contributed by atoms with Crippen LogP contribution in [-0.4, -0.2) is 35.0 Å². The van der Waals surface area contributed by atoms with Crippen molar-refractivity contribution in [2.24, 2.45) is 5.14 Å². The van der Waals surface area contributed by atoms with Crippen LogP contribution in [0.3, 0.4) is 0 Å². The topological polar surface area (TPSA) is 113 Å². The van der Waals surface area contributed by atoms with Gasteiger partial charge in [-0.3, -0.25) is 4.98 Å². The molecule has 9 heteroatoms.